The van der Waals surface area contributed by atoms with Gasteiger partial charge in [-0.15, -0.1) is 0 Å². The van der Waals surface area contributed by atoms with Crippen LogP contribution in [0.1, 0.15) is 24.2 Å². The Morgan fingerprint density at radius 3 is 2.18 bits per heavy atom. The zero-order valence-corrected chi connectivity index (χ0v) is 11.3. The van der Waals surface area contributed by atoms with E-state index in [9.17, 15) is 4.79 Å². The van der Waals surface area contributed by atoms with E-state index in [1.54, 1.807) is 19.2 Å². The minimum Gasteiger partial charge on any atom is -0.318 e. The fourth-order valence-corrected chi connectivity index (χ4v) is 2.40. The third-order valence-electron chi connectivity index (χ3n) is 2.04. The van der Waals surface area contributed by atoms with Crippen LogP contribution >= 0.6 is 8.53 Å². The Morgan fingerprint density at radius 1 is 1.18 bits per heavy atom. The minimum absolute atomic E-state index is 0.0846. The summed E-state index contributed by atoms with van der Waals surface area (Å²) in [4.78, 5) is 12.1. The van der Waals surface area contributed by atoms with Gasteiger partial charge >= 0.3 is 0 Å². The number of carbonyl (C=O) groups excluding carboxylic acids is 1. The van der Waals surface area contributed by atoms with Crippen LogP contribution in [0.3, 0.4) is 0 Å². The first-order valence-corrected chi connectivity index (χ1v) is 6.72. The van der Waals surface area contributed by atoms with Crippen LogP contribution in [0.25, 0.3) is 0 Å². The maximum atomic E-state index is 12.1. The molecule has 0 saturated heterocycles. The predicted octanol–water partition coefficient (Wildman–Crippen LogP) is 3.06. The summed E-state index contributed by atoms with van der Waals surface area (Å²) in [6.45, 7) is 4.82. The second-order valence-corrected chi connectivity index (χ2v) is 4.86. The molecule has 0 atom stereocenters. The molecule has 1 aromatic carbocycles. The largest absolute Gasteiger partial charge is 0.318 e. The molecule has 1 amide bonds. The van der Waals surface area contributed by atoms with Crippen molar-refractivity contribution >= 4 is 14.4 Å². The van der Waals surface area contributed by atoms with Crippen LogP contribution in [-0.2, 0) is 9.05 Å². The van der Waals surface area contributed by atoms with E-state index in [-0.39, 0.29) is 5.91 Å². The minimum atomic E-state index is -1.30. The Bertz CT molecular complexity index is 339. The van der Waals surface area contributed by atoms with Crippen molar-refractivity contribution in [1.29, 1.82) is 0 Å². The molecule has 4 nitrogen and oxygen atoms in total. The molecule has 17 heavy (non-hydrogen) atoms. The first kappa shape index (κ1) is 14.1. The molecule has 0 radical (unpaired) electrons. The Hall–Kier alpha value is -0.960. The molecule has 0 saturated carbocycles. The first-order valence-electron chi connectivity index (χ1n) is 5.59. The molecule has 0 aliphatic heterocycles. The van der Waals surface area contributed by atoms with E-state index < -0.39 is 8.53 Å². The summed E-state index contributed by atoms with van der Waals surface area (Å²) < 4.78 is 12.4. The van der Waals surface area contributed by atoms with Crippen molar-refractivity contribution in [3.63, 3.8) is 0 Å². The van der Waals surface area contributed by atoms with Crippen LogP contribution in [-0.4, -0.2) is 30.8 Å². The summed E-state index contributed by atoms with van der Waals surface area (Å²) in [6.07, 6.45) is 0. The number of carbonyl (C=O) groups is 1. The van der Waals surface area contributed by atoms with E-state index in [0.29, 0.717) is 18.8 Å². The quantitative estimate of drug-likeness (QED) is 0.733. The van der Waals surface area contributed by atoms with E-state index >= 15 is 0 Å². The molecule has 0 unspecified atom stereocenters. The Kier molecular flexibility index (Phi) is 6.12. The lowest BCUT2D eigenvalue weighted by atomic mass is 10.2. The van der Waals surface area contributed by atoms with Gasteiger partial charge in [0.2, 0.25) is 0 Å². The van der Waals surface area contributed by atoms with Crippen molar-refractivity contribution in [2.45, 2.75) is 13.8 Å². The van der Waals surface area contributed by atoms with E-state index in [1.807, 2.05) is 32.0 Å². The van der Waals surface area contributed by atoms with Crippen LogP contribution in [0.4, 0.5) is 0 Å². The molecule has 0 heterocycles. The monoisotopic (exact) mass is 255 g/mol. The van der Waals surface area contributed by atoms with Gasteiger partial charge in [0.05, 0.1) is 13.2 Å². The SMILES string of the molecule is CCOP(OCC)N(C)C(=O)c1ccccc1. The molecule has 0 aliphatic rings. The highest BCUT2D eigenvalue weighted by atomic mass is 31.2. The highest BCUT2D eigenvalue weighted by molar-refractivity contribution is 7.45. The van der Waals surface area contributed by atoms with Crippen molar-refractivity contribution in [1.82, 2.24) is 4.67 Å². The normalized spacial score (nSPS) is 10.6. The molecule has 1 aromatic rings. The third kappa shape index (κ3) is 4.08. The van der Waals surface area contributed by atoms with Crippen LogP contribution in [0.2, 0.25) is 0 Å². The zero-order chi connectivity index (χ0) is 12.7. The van der Waals surface area contributed by atoms with Gasteiger partial charge < -0.3 is 9.05 Å². The molecule has 0 aromatic heterocycles. The van der Waals surface area contributed by atoms with Gasteiger partial charge in [-0.05, 0) is 26.0 Å². The van der Waals surface area contributed by atoms with Crippen molar-refractivity contribution in [3.05, 3.63) is 35.9 Å². The summed E-state index contributed by atoms with van der Waals surface area (Å²) >= 11 is 0. The molecule has 0 N–H and O–H groups in total. The van der Waals surface area contributed by atoms with E-state index in [2.05, 4.69) is 0 Å². The topological polar surface area (TPSA) is 38.8 Å². The van der Waals surface area contributed by atoms with Crippen molar-refractivity contribution < 1.29 is 13.8 Å². The number of nitrogens with zero attached hydrogens (tertiary/aromatic N) is 1. The maximum Gasteiger partial charge on any atom is 0.292 e. The predicted molar refractivity (Wildman–Crippen MR) is 68.7 cm³/mol. The fraction of sp³-hybridized carbons (Fsp3) is 0.417. The Labute approximate surface area is 103 Å². The second kappa shape index (κ2) is 7.38. The van der Waals surface area contributed by atoms with Gasteiger partial charge in [-0.3, -0.25) is 9.46 Å². The Balaban J connectivity index is 2.73. The van der Waals surface area contributed by atoms with Crippen LogP contribution < -0.4 is 0 Å². The molecule has 5 heteroatoms. The second-order valence-electron chi connectivity index (χ2n) is 3.27. The number of hydrogen-bond donors (Lipinski definition) is 0. The van der Waals surface area contributed by atoms with Crippen LogP contribution in [0.5, 0.6) is 0 Å². The summed E-state index contributed by atoms with van der Waals surface area (Å²) in [6, 6.07) is 9.12. The third-order valence-corrected chi connectivity index (χ3v) is 3.67. The number of rotatable bonds is 6. The summed E-state index contributed by atoms with van der Waals surface area (Å²) in [5.74, 6) is -0.0846. The summed E-state index contributed by atoms with van der Waals surface area (Å²) in [5.41, 5.74) is 0.641. The van der Waals surface area contributed by atoms with Gasteiger partial charge in [0.25, 0.3) is 14.4 Å². The van der Waals surface area contributed by atoms with E-state index in [1.165, 1.54) is 4.67 Å². The number of hydrogen-bond acceptors (Lipinski definition) is 3. The van der Waals surface area contributed by atoms with Crippen molar-refractivity contribution in [2.75, 3.05) is 20.3 Å². The van der Waals surface area contributed by atoms with E-state index in [0.717, 1.165) is 0 Å². The standard InChI is InChI=1S/C12H18NO3P/c1-4-15-17(16-5-2)13(3)12(14)11-9-7-6-8-10-11/h6-10H,4-5H2,1-3H3. The van der Waals surface area contributed by atoms with Crippen LogP contribution in [0.15, 0.2) is 30.3 Å². The fourth-order valence-electron chi connectivity index (χ4n) is 1.27. The first-order chi connectivity index (χ1) is 8.20. The summed E-state index contributed by atoms with van der Waals surface area (Å²) in [7, 11) is 0.399. The van der Waals surface area contributed by atoms with Gasteiger partial charge in [0, 0.05) is 12.6 Å². The average Bonchev–Trinajstić information content (AvgIpc) is 2.38. The maximum absolute atomic E-state index is 12.1. The van der Waals surface area contributed by atoms with Gasteiger partial charge in [-0.25, -0.2) is 0 Å². The lowest BCUT2D eigenvalue weighted by Gasteiger charge is -2.25. The van der Waals surface area contributed by atoms with Gasteiger partial charge in [0.1, 0.15) is 0 Å². The van der Waals surface area contributed by atoms with Gasteiger partial charge in [-0.1, -0.05) is 18.2 Å². The number of benzene rings is 1. The highest BCUT2D eigenvalue weighted by Crippen LogP contribution is 2.41. The molecule has 0 spiro atoms. The lowest BCUT2D eigenvalue weighted by Crippen LogP contribution is -2.23. The number of amides is 1. The lowest BCUT2D eigenvalue weighted by molar-refractivity contribution is 0.0852. The average molecular weight is 255 g/mol. The smallest absolute Gasteiger partial charge is 0.292 e. The molecular weight excluding hydrogens is 237 g/mol. The van der Waals surface area contributed by atoms with Crippen LogP contribution in [0, 0.1) is 0 Å². The molecule has 1 rings (SSSR count). The van der Waals surface area contributed by atoms with Crippen molar-refractivity contribution in [3.8, 4) is 0 Å². The molecule has 0 bridgehead atoms. The molecule has 0 fully saturated rings. The molecular formula is C12H18NO3P. The van der Waals surface area contributed by atoms with Crippen molar-refractivity contribution in [2.24, 2.45) is 0 Å². The molecule has 0 aliphatic carbocycles. The highest BCUT2D eigenvalue weighted by Gasteiger charge is 2.23. The van der Waals surface area contributed by atoms with E-state index in [4.69, 9.17) is 9.05 Å². The van der Waals surface area contributed by atoms with Gasteiger partial charge in [0.15, 0.2) is 0 Å². The van der Waals surface area contributed by atoms with Gasteiger partial charge in [-0.2, -0.15) is 0 Å². The zero-order valence-electron chi connectivity index (χ0n) is 10.4. The summed E-state index contributed by atoms with van der Waals surface area (Å²) in [5, 5.41) is 0. The molecule has 94 valence electrons. The Morgan fingerprint density at radius 2 is 1.71 bits per heavy atom.